The third-order valence-electron chi connectivity index (χ3n) is 2.75. The molecule has 0 bridgehead atoms. The molecule has 7 nitrogen and oxygen atoms in total. The topological polar surface area (TPSA) is 87.7 Å². The fourth-order valence-corrected chi connectivity index (χ4v) is 1.86. The molecule has 0 saturated heterocycles. The quantitative estimate of drug-likeness (QED) is 0.743. The Morgan fingerprint density at radius 1 is 1.30 bits per heavy atom. The minimum Gasteiger partial charge on any atom is -0.479 e. The summed E-state index contributed by atoms with van der Waals surface area (Å²) in [6.45, 7) is 2.71. The van der Waals surface area contributed by atoms with Crippen molar-refractivity contribution in [2.45, 2.75) is 20.0 Å². The molecule has 1 atom stereocenters. The summed E-state index contributed by atoms with van der Waals surface area (Å²) in [5.41, 5.74) is 4.94. The highest BCUT2D eigenvalue weighted by Gasteiger charge is 2.32. The molecule has 0 saturated carbocycles. The molecule has 1 aliphatic rings. The van der Waals surface area contributed by atoms with Crippen LogP contribution in [-0.2, 0) is 14.4 Å². The van der Waals surface area contributed by atoms with Gasteiger partial charge in [-0.1, -0.05) is 12.1 Å². The van der Waals surface area contributed by atoms with Gasteiger partial charge in [0.1, 0.15) is 12.3 Å². The molecule has 2 N–H and O–H groups in total. The number of fused-ring (bicyclic) bond motifs is 1. The molecule has 20 heavy (non-hydrogen) atoms. The number of hydrazine groups is 1. The van der Waals surface area contributed by atoms with E-state index in [0.717, 1.165) is 0 Å². The molecule has 1 aromatic rings. The molecule has 0 spiro atoms. The van der Waals surface area contributed by atoms with Crippen molar-refractivity contribution in [1.82, 2.24) is 10.9 Å². The highest BCUT2D eigenvalue weighted by molar-refractivity contribution is 6.03. The molecule has 3 amide bonds. The Kier molecular flexibility index (Phi) is 3.88. The van der Waals surface area contributed by atoms with Crippen LogP contribution in [0.15, 0.2) is 24.3 Å². The zero-order valence-electron chi connectivity index (χ0n) is 11.2. The molecular weight excluding hydrogens is 262 g/mol. The number of para-hydroxylation sites is 2. The first-order chi connectivity index (χ1) is 9.49. The molecule has 1 aliphatic heterocycles. The normalized spacial score (nSPS) is 17.0. The zero-order valence-corrected chi connectivity index (χ0v) is 11.2. The lowest BCUT2D eigenvalue weighted by atomic mass is 10.2. The number of nitrogens with one attached hydrogen (secondary N) is 2. The summed E-state index contributed by atoms with van der Waals surface area (Å²) in [6.07, 6.45) is -0.654. The summed E-state index contributed by atoms with van der Waals surface area (Å²) in [6, 6.07) is 6.98. The average molecular weight is 277 g/mol. The van der Waals surface area contributed by atoms with E-state index in [1.807, 2.05) is 0 Å². The van der Waals surface area contributed by atoms with E-state index in [2.05, 4.69) is 10.9 Å². The summed E-state index contributed by atoms with van der Waals surface area (Å²) < 4.78 is 5.46. The van der Waals surface area contributed by atoms with Crippen LogP contribution in [0.5, 0.6) is 5.75 Å². The van der Waals surface area contributed by atoms with Gasteiger partial charge in [0.2, 0.25) is 5.91 Å². The standard InChI is InChI=1S/C13H15N3O4/c1-8-13(19)16(7-12(18)15-14-9(2)17)10-5-3-4-6-11(10)20-8/h3-6,8H,7H2,1-2H3,(H,14,17)(H,15,18). The second-order valence-corrected chi connectivity index (χ2v) is 4.38. The van der Waals surface area contributed by atoms with Crippen LogP contribution >= 0.6 is 0 Å². The molecule has 0 aromatic heterocycles. The lowest BCUT2D eigenvalue weighted by molar-refractivity contribution is -0.129. The number of rotatable bonds is 2. The van der Waals surface area contributed by atoms with Crippen molar-refractivity contribution in [2.24, 2.45) is 0 Å². The summed E-state index contributed by atoms with van der Waals surface area (Å²) in [7, 11) is 0. The Balaban J connectivity index is 2.15. The van der Waals surface area contributed by atoms with Crippen molar-refractivity contribution in [2.75, 3.05) is 11.4 Å². The minimum atomic E-state index is -0.654. The van der Waals surface area contributed by atoms with E-state index in [1.54, 1.807) is 31.2 Å². The summed E-state index contributed by atoms with van der Waals surface area (Å²) in [5.74, 6) is -0.633. The van der Waals surface area contributed by atoms with Gasteiger partial charge in [0.05, 0.1) is 5.69 Å². The van der Waals surface area contributed by atoms with Crippen molar-refractivity contribution in [3.05, 3.63) is 24.3 Å². The van der Waals surface area contributed by atoms with Gasteiger partial charge in [0.25, 0.3) is 11.8 Å². The number of hydrogen-bond donors (Lipinski definition) is 2. The number of hydrogen-bond acceptors (Lipinski definition) is 4. The Bertz CT molecular complexity index is 558. The van der Waals surface area contributed by atoms with Crippen LogP contribution in [0.2, 0.25) is 0 Å². The van der Waals surface area contributed by atoms with E-state index in [4.69, 9.17) is 4.74 Å². The van der Waals surface area contributed by atoms with Gasteiger partial charge >= 0.3 is 0 Å². The third-order valence-corrected chi connectivity index (χ3v) is 2.75. The molecule has 106 valence electrons. The summed E-state index contributed by atoms with van der Waals surface area (Å²) >= 11 is 0. The number of carbonyl (C=O) groups excluding carboxylic acids is 3. The van der Waals surface area contributed by atoms with E-state index in [0.29, 0.717) is 11.4 Å². The van der Waals surface area contributed by atoms with Gasteiger partial charge in [-0.2, -0.15) is 0 Å². The van der Waals surface area contributed by atoms with E-state index in [1.165, 1.54) is 11.8 Å². The van der Waals surface area contributed by atoms with Crippen LogP contribution in [0, 0.1) is 0 Å². The summed E-state index contributed by atoms with van der Waals surface area (Å²) in [4.78, 5) is 35.9. The van der Waals surface area contributed by atoms with Gasteiger partial charge in [0.15, 0.2) is 6.10 Å². The highest BCUT2D eigenvalue weighted by Crippen LogP contribution is 2.33. The maximum atomic E-state index is 12.1. The van der Waals surface area contributed by atoms with Crippen LogP contribution in [0.4, 0.5) is 5.69 Å². The predicted octanol–water partition coefficient (Wildman–Crippen LogP) is -0.0322. The number of ether oxygens (including phenoxy) is 1. The molecule has 0 fully saturated rings. The Hall–Kier alpha value is -2.57. The van der Waals surface area contributed by atoms with Gasteiger partial charge in [-0.15, -0.1) is 0 Å². The van der Waals surface area contributed by atoms with Crippen molar-refractivity contribution in [3.63, 3.8) is 0 Å². The number of carbonyl (C=O) groups is 3. The number of benzene rings is 1. The molecular formula is C13H15N3O4. The second kappa shape index (κ2) is 5.60. The number of anilines is 1. The van der Waals surface area contributed by atoms with Crippen LogP contribution < -0.4 is 20.5 Å². The van der Waals surface area contributed by atoms with Gasteiger partial charge in [-0.05, 0) is 19.1 Å². The SMILES string of the molecule is CC(=O)NNC(=O)CN1C(=O)C(C)Oc2ccccc21. The lowest BCUT2D eigenvalue weighted by Crippen LogP contribution is -2.51. The predicted molar refractivity (Wildman–Crippen MR) is 70.8 cm³/mol. The Labute approximate surface area is 115 Å². The van der Waals surface area contributed by atoms with E-state index in [-0.39, 0.29) is 18.4 Å². The first-order valence-corrected chi connectivity index (χ1v) is 6.11. The smallest absolute Gasteiger partial charge is 0.268 e. The highest BCUT2D eigenvalue weighted by atomic mass is 16.5. The zero-order chi connectivity index (χ0) is 14.7. The molecule has 0 aliphatic carbocycles. The molecule has 0 radical (unpaired) electrons. The van der Waals surface area contributed by atoms with E-state index >= 15 is 0 Å². The largest absolute Gasteiger partial charge is 0.479 e. The van der Waals surface area contributed by atoms with Gasteiger partial charge in [-0.3, -0.25) is 30.1 Å². The maximum Gasteiger partial charge on any atom is 0.268 e. The molecule has 1 heterocycles. The molecule has 7 heteroatoms. The fraction of sp³-hybridized carbons (Fsp3) is 0.308. The lowest BCUT2D eigenvalue weighted by Gasteiger charge is -2.32. The van der Waals surface area contributed by atoms with Crippen molar-refractivity contribution < 1.29 is 19.1 Å². The molecule has 1 unspecified atom stereocenters. The van der Waals surface area contributed by atoms with Gasteiger partial charge in [-0.25, -0.2) is 0 Å². The van der Waals surface area contributed by atoms with Gasteiger partial charge in [0, 0.05) is 6.92 Å². The first-order valence-electron chi connectivity index (χ1n) is 6.11. The van der Waals surface area contributed by atoms with Gasteiger partial charge < -0.3 is 4.74 Å². The van der Waals surface area contributed by atoms with Crippen molar-refractivity contribution in [3.8, 4) is 5.75 Å². The van der Waals surface area contributed by atoms with Crippen LogP contribution in [0.1, 0.15) is 13.8 Å². The Morgan fingerprint density at radius 2 is 2.00 bits per heavy atom. The van der Waals surface area contributed by atoms with Crippen LogP contribution in [0.3, 0.4) is 0 Å². The fourth-order valence-electron chi connectivity index (χ4n) is 1.86. The second-order valence-electron chi connectivity index (χ2n) is 4.38. The minimum absolute atomic E-state index is 0.191. The Morgan fingerprint density at radius 3 is 2.70 bits per heavy atom. The van der Waals surface area contributed by atoms with E-state index in [9.17, 15) is 14.4 Å². The monoisotopic (exact) mass is 277 g/mol. The van der Waals surface area contributed by atoms with Crippen molar-refractivity contribution in [1.29, 1.82) is 0 Å². The average Bonchev–Trinajstić information content (AvgIpc) is 2.41. The molecule has 2 rings (SSSR count). The summed E-state index contributed by atoms with van der Waals surface area (Å²) in [5, 5.41) is 0. The first kappa shape index (κ1) is 13.9. The third kappa shape index (κ3) is 2.87. The maximum absolute atomic E-state index is 12.1. The number of amides is 3. The van der Waals surface area contributed by atoms with E-state index < -0.39 is 12.0 Å². The molecule has 1 aromatic carbocycles. The number of nitrogens with zero attached hydrogens (tertiary/aromatic N) is 1. The van der Waals surface area contributed by atoms with Crippen LogP contribution in [-0.4, -0.2) is 30.4 Å². The van der Waals surface area contributed by atoms with Crippen molar-refractivity contribution >= 4 is 23.4 Å². The van der Waals surface area contributed by atoms with Crippen LogP contribution in [0.25, 0.3) is 0 Å².